The maximum atomic E-state index is 4.49. The summed E-state index contributed by atoms with van der Waals surface area (Å²) in [5, 5.41) is 4.49. The average Bonchev–Trinajstić information content (AvgIpc) is 2.63. The maximum absolute atomic E-state index is 4.49. The van der Waals surface area contributed by atoms with Crippen LogP contribution in [0, 0.1) is 13.8 Å². The van der Waals surface area contributed by atoms with Crippen molar-refractivity contribution in [3.05, 3.63) is 41.1 Å². The zero-order valence-electron chi connectivity index (χ0n) is 9.86. The lowest BCUT2D eigenvalue weighted by molar-refractivity contribution is 0.770. The second-order valence-corrected chi connectivity index (χ2v) is 4.45. The van der Waals surface area contributed by atoms with Gasteiger partial charge in [-0.15, -0.1) is 0 Å². The first kappa shape index (κ1) is 11.3. The molecule has 0 atom stereocenters. The molecule has 3 heteroatoms. The molecule has 2 rings (SSSR count). The van der Waals surface area contributed by atoms with Crippen molar-refractivity contribution in [2.75, 3.05) is 0 Å². The van der Waals surface area contributed by atoms with E-state index in [0.717, 1.165) is 11.4 Å². The Labute approximate surface area is 102 Å². The Kier molecular flexibility index (Phi) is 3.06. The molecule has 2 nitrogen and oxygen atoms in total. The molecule has 0 fully saturated rings. The van der Waals surface area contributed by atoms with Crippen molar-refractivity contribution >= 4 is 12.6 Å². The van der Waals surface area contributed by atoms with Crippen LogP contribution in [0.2, 0.25) is 0 Å². The van der Waals surface area contributed by atoms with E-state index in [9.17, 15) is 0 Å². The highest BCUT2D eigenvalue weighted by Gasteiger charge is 2.09. The van der Waals surface area contributed by atoms with Gasteiger partial charge in [0.15, 0.2) is 0 Å². The zero-order chi connectivity index (χ0) is 11.7. The second kappa shape index (κ2) is 4.34. The molecular weight excluding hydrogens is 216 g/mol. The number of aryl methyl sites for hydroxylation is 3. The predicted molar refractivity (Wildman–Crippen MR) is 70.8 cm³/mol. The molecule has 0 unspecified atom stereocenters. The third-order valence-electron chi connectivity index (χ3n) is 2.86. The molecule has 0 aliphatic heterocycles. The molecule has 0 aliphatic rings. The molecular formula is C13H16N2S. The lowest BCUT2D eigenvalue weighted by atomic mass is 10.0. The first-order valence-corrected chi connectivity index (χ1v) is 5.96. The van der Waals surface area contributed by atoms with Crippen LogP contribution < -0.4 is 0 Å². The summed E-state index contributed by atoms with van der Waals surface area (Å²) >= 11 is 4.34. The monoisotopic (exact) mass is 232 g/mol. The van der Waals surface area contributed by atoms with Gasteiger partial charge in [0.05, 0.1) is 5.69 Å². The Morgan fingerprint density at radius 1 is 1.25 bits per heavy atom. The van der Waals surface area contributed by atoms with Gasteiger partial charge in [0, 0.05) is 30.1 Å². The Bertz CT molecular complexity index is 515. The number of benzene rings is 1. The molecule has 0 radical (unpaired) electrons. The van der Waals surface area contributed by atoms with Crippen molar-refractivity contribution in [3.8, 4) is 11.3 Å². The lowest BCUT2D eigenvalue weighted by Gasteiger charge is -2.04. The summed E-state index contributed by atoms with van der Waals surface area (Å²) in [6.45, 7) is 4.25. The fourth-order valence-corrected chi connectivity index (χ4v) is 2.02. The highest BCUT2D eigenvalue weighted by molar-refractivity contribution is 7.79. The summed E-state index contributed by atoms with van der Waals surface area (Å²) in [4.78, 5) is 0. The van der Waals surface area contributed by atoms with Gasteiger partial charge in [-0.25, -0.2) is 0 Å². The molecule has 1 aromatic heterocycles. The number of rotatable bonds is 2. The van der Waals surface area contributed by atoms with Crippen molar-refractivity contribution in [3.63, 3.8) is 0 Å². The van der Waals surface area contributed by atoms with E-state index in [1.165, 1.54) is 22.3 Å². The van der Waals surface area contributed by atoms with E-state index < -0.39 is 0 Å². The Morgan fingerprint density at radius 3 is 2.62 bits per heavy atom. The molecule has 0 N–H and O–H groups in total. The first-order valence-electron chi connectivity index (χ1n) is 5.33. The fraction of sp³-hybridized carbons (Fsp3) is 0.308. The summed E-state index contributed by atoms with van der Waals surface area (Å²) < 4.78 is 1.84. The molecule has 1 aromatic carbocycles. The smallest absolute Gasteiger partial charge is 0.0963 e. The van der Waals surface area contributed by atoms with E-state index in [0.29, 0.717) is 0 Å². The van der Waals surface area contributed by atoms with Crippen LogP contribution in [0.3, 0.4) is 0 Å². The van der Waals surface area contributed by atoms with E-state index in [1.807, 2.05) is 17.9 Å². The number of aromatic nitrogens is 2. The van der Waals surface area contributed by atoms with Gasteiger partial charge >= 0.3 is 0 Å². The summed E-state index contributed by atoms with van der Waals surface area (Å²) in [7, 11) is 1.94. The predicted octanol–water partition coefficient (Wildman–Crippen LogP) is 3.13. The minimum absolute atomic E-state index is 0.718. The van der Waals surface area contributed by atoms with Crippen LogP contribution >= 0.6 is 12.6 Å². The molecule has 16 heavy (non-hydrogen) atoms. The minimum atomic E-state index is 0.718. The molecule has 0 amide bonds. The minimum Gasteiger partial charge on any atom is -0.275 e. The van der Waals surface area contributed by atoms with Crippen LogP contribution in [0.4, 0.5) is 0 Å². The van der Waals surface area contributed by atoms with Gasteiger partial charge in [-0.1, -0.05) is 12.1 Å². The van der Waals surface area contributed by atoms with E-state index in [-0.39, 0.29) is 0 Å². The van der Waals surface area contributed by atoms with Crippen LogP contribution in [-0.4, -0.2) is 9.78 Å². The maximum Gasteiger partial charge on any atom is 0.0963 e. The largest absolute Gasteiger partial charge is 0.275 e. The van der Waals surface area contributed by atoms with Crippen LogP contribution in [0.1, 0.15) is 16.7 Å². The van der Waals surface area contributed by atoms with Crippen molar-refractivity contribution in [2.24, 2.45) is 7.05 Å². The standard InChI is InChI=1S/C13H16N2S/c1-9-4-5-11(6-10(9)2)13-12(8-16)7-15(3)14-13/h4-7,16H,8H2,1-3H3. The number of hydrogen-bond donors (Lipinski definition) is 1. The third kappa shape index (κ3) is 2.00. The zero-order valence-corrected chi connectivity index (χ0v) is 10.8. The van der Waals surface area contributed by atoms with Crippen LogP contribution in [0.15, 0.2) is 24.4 Å². The summed E-state index contributed by atoms with van der Waals surface area (Å²) in [5.41, 5.74) is 6.00. The Balaban J connectivity index is 2.53. The van der Waals surface area contributed by atoms with Crippen LogP contribution in [-0.2, 0) is 12.8 Å². The highest BCUT2D eigenvalue weighted by atomic mass is 32.1. The molecule has 0 saturated heterocycles. The average molecular weight is 232 g/mol. The fourth-order valence-electron chi connectivity index (χ4n) is 1.79. The van der Waals surface area contributed by atoms with Crippen LogP contribution in [0.5, 0.6) is 0 Å². The Morgan fingerprint density at radius 2 is 2.00 bits per heavy atom. The van der Waals surface area contributed by atoms with E-state index in [2.05, 4.69) is 49.8 Å². The van der Waals surface area contributed by atoms with Crippen molar-refractivity contribution in [1.29, 1.82) is 0 Å². The second-order valence-electron chi connectivity index (χ2n) is 4.13. The van der Waals surface area contributed by atoms with Gasteiger partial charge in [-0.2, -0.15) is 17.7 Å². The van der Waals surface area contributed by atoms with Gasteiger partial charge < -0.3 is 0 Å². The topological polar surface area (TPSA) is 17.8 Å². The SMILES string of the molecule is Cc1ccc(-c2nn(C)cc2CS)cc1C. The van der Waals surface area contributed by atoms with E-state index >= 15 is 0 Å². The molecule has 0 spiro atoms. The summed E-state index contributed by atoms with van der Waals surface area (Å²) in [6, 6.07) is 6.45. The first-order chi connectivity index (χ1) is 7.61. The number of thiol groups is 1. The van der Waals surface area contributed by atoms with E-state index in [1.54, 1.807) is 0 Å². The van der Waals surface area contributed by atoms with Crippen molar-refractivity contribution < 1.29 is 0 Å². The lowest BCUT2D eigenvalue weighted by Crippen LogP contribution is -1.89. The van der Waals surface area contributed by atoms with Gasteiger partial charge in [0.25, 0.3) is 0 Å². The summed E-state index contributed by atoms with van der Waals surface area (Å²) in [6.07, 6.45) is 2.03. The van der Waals surface area contributed by atoms with Gasteiger partial charge in [0.2, 0.25) is 0 Å². The third-order valence-corrected chi connectivity index (χ3v) is 3.20. The molecule has 0 aliphatic carbocycles. The normalized spacial score (nSPS) is 10.8. The highest BCUT2D eigenvalue weighted by Crippen LogP contribution is 2.25. The van der Waals surface area contributed by atoms with Gasteiger partial charge in [-0.3, -0.25) is 4.68 Å². The van der Waals surface area contributed by atoms with Crippen LogP contribution in [0.25, 0.3) is 11.3 Å². The quantitative estimate of drug-likeness (QED) is 0.788. The van der Waals surface area contributed by atoms with Crippen molar-refractivity contribution in [1.82, 2.24) is 9.78 Å². The molecule has 0 bridgehead atoms. The Hall–Kier alpha value is -1.22. The molecule has 2 aromatic rings. The number of nitrogens with zero attached hydrogens (tertiary/aromatic N) is 2. The molecule has 1 heterocycles. The molecule has 0 saturated carbocycles. The van der Waals surface area contributed by atoms with Crippen molar-refractivity contribution in [2.45, 2.75) is 19.6 Å². The van der Waals surface area contributed by atoms with Gasteiger partial charge in [0.1, 0.15) is 0 Å². The molecule has 84 valence electrons. The number of hydrogen-bond acceptors (Lipinski definition) is 2. The van der Waals surface area contributed by atoms with Gasteiger partial charge in [-0.05, 0) is 31.0 Å². The van der Waals surface area contributed by atoms with E-state index in [4.69, 9.17) is 0 Å². The summed E-state index contributed by atoms with van der Waals surface area (Å²) in [5.74, 6) is 0.718.